The quantitative estimate of drug-likeness (QED) is 0.631. The van der Waals surface area contributed by atoms with Crippen LogP contribution in [0, 0.1) is 0 Å². The zero-order valence-corrected chi connectivity index (χ0v) is 6.81. The minimum Gasteiger partial charge on any atom is -0.255 e. The van der Waals surface area contributed by atoms with Gasteiger partial charge in [0.05, 0.1) is 6.20 Å². The van der Waals surface area contributed by atoms with Gasteiger partial charge in [-0.25, -0.2) is 0 Å². The van der Waals surface area contributed by atoms with E-state index in [-0.39, 0.29) is 0 Å². The van der Waals surface area contributed by atoms with Crippen LogP contribution in [0.3, 0.4) is 0 Å². The van der Waals surface area contributed by atoms with E-state index in [4.69, 9.17) is 0 Å². The third kappa shape index (κ3) is 1.21. The van der Waals surface area contributed by atoms with Crippen molar-refractivity contribution in [1.29, 1.82) is 0 Å². The Morgan fingerprint density at radius 1 is 1.17 bits per heavy atom. The second kappa shape index (κ2) is 2.77. The van der Waals surface area contributed by atoms with Crippen LogP contribution in [-0.4, -0.2) is 15.0 Å². The zero-order valence-electron chi connectivity index (χ0n) is 6.81. The number of hydrogen-bond donors (Lipinski definition) is 0. The molecule has 0 aliphatic carbocycles. The van der Waals surface area contributed by atoms with Gasteiger partial charge in [-0.15, -0.1) is 5.10 Å². The van der Waals surface area contributed by atoms with Gasteiger partial charge in [0.1, 0.15) is 5.69 Å². The van der Waals surface area contributed by atoms with Crippen molar-refractivity contribution in [3.63, 3.8) is 0 Å². The SMILES string of the molecule is Cn1cc(-c2ccccc2)nn1. The molecule has 0 aliphatic rings. The summed E-state index contributed by atoms with van der Waals surface area (Å²) in [4.78, 5) is 0. The van der Waals surface area contributed by atoms with Gasteiger partial charge in [-0.2, -0.15) is 0 Å². The molecule has 0 fully saturated rings. The molecule has 0 atom stereocenters. The summed E-state index contributed by atoms with van der Waals surface area (Å²) in [6.45, 7) is 0. The summed E-state index contributed by atoms with van der Waals surface area (Å²) in [5.41, 5.74) is 2.02. The van der Waals surface area contributed by atoms with E-state index in [9.17, 15) is 0 Å². The Morgan fingerprint density at radius 3 is 2.50 bits per heavy atom. The van der Waals surface area contributed by atoms with Gasteiger partial charge in [-0.1, -0.05) is 35.5 Å². The van der Waals surface area contributed by atoms with E-state index in [1.807, 2.05) is 43.6 Å². The van der Waals surface area contributed by atoms with E-state index in [1.165, 1.54) is 0 Å². The number of nitrogens with zero attached hydrogens (tertiary/aromatic N) is 3. The Labute approximate surface area is 70.6 Å². The van der Waals surface area contributed by atoms with E-state index in [0.717, 1.165) is 11.3 Å². The third-order valence-electron chi connectivity index (χ3n) is 1.67. The second-order valence-electron chi connectivity index (χ2n) is 2.64. The lowest BCUT2D eigenvalue weighted by atomic mass is 10.2. The van der Waals surface area contributed by atoms with Gasteiger partial charge in [0.2, 0.25) is 0 Å². The molecular weight excluding hydrogens is 150 g/mol. The summed E-state index contributed by atoms with van der Waals surface area (Å²) < 4.78 is 1.70. The van der Waals surface area contributed by atoms with Gasteiger partial charge >= 0.3 is 0 Å². The van der Waals surface area contributed by atoms with Crippen LogP contribution in [0.2, 0.25) is 0 Å². The Hall–Kier alpha value is -1.64. The minimum atomic E-state index is 0.915. The fourth-order valence-electron chi connectivity index (χ4n) is 1.09. The van der Waals surface area contributed by atoms with E-state index in [2.05, 4.69) is 10.3 Å². The second-order valence-corrected chi connectivity index (χ2v) is 2.64. The molecule has 1 aromatic heterocycles. The highest BCUT2D eigenvalue weighted by Gasteiger charge is 1.98. The Bertz CT molecular complexity index is 364. The van der Waals surface area contributed by atoms with E-state index in [1.54, 1.807) is 4.68 Å². The fourth-order valence-corrected chi connectivity index (χ4v) is 1.09. The first kappa shape index (κ1) is 7.03. The molecule has 0 bridgehead atoms. The van der Waals surface area contributed by atoms with Crippen LogP contribution in [0.5, 0.6) is 0 Å². The molecule has 0 radical (unpaired) electrons. The molecule has 0 N–H and O–H groups in total. The summed E-state index contributed by atoms with van der Waals surface area (Å²) in [7, 11) is 1.86. The number of hydrogen-bond acceptors (Lipinski definition) is 2. The van der Waals surface area contributed by atoms with Crippen LogP contribution in [0.15, 0.2) is 36.5 Å². The van der Waals surface area contributed by atoms with Gasteiger partial charge in [0.25, 0.3) is 0 Å². The van der Waals surface area contributed by atoms with Crippen molar-refractivity contribution < 1.29 is 0 Å². The Balaban J connectivity index is 2.45. The first-order chi connectivity index (χ1) is 5.86. The van der Waals surface area contributed by atoms with Gasteiger partial charge < -0.3 is 0 Å². The lowest BCUT2D eigenvalue weighted by Crippen LogP contribution is -1.85. The lowest BCUT2D eigenvalue weighted by molar-refractivity contribution is 0.715. The van der Waals surface area contributed by atoms with Crippen LogP contribution < -0.4 is 0 Å². The maximum Gasteiger partial charge on any atom is 0.113 e. The fraction of sp³-hybridized carbons (Fsp3) is 0.111. The molecule has 3 nitrogen and oxygen atoms in total. The molecule has 60 valence electrons. The predicted octanol–water partition coefficient (Wildman–Crippen LogP) is 1.48. The maximum atomic E-state index is 4.00. The van der Waals surface area contributed by atoms with E-state index >= 15 is 0 Å². The van der Waals surface area contributed by atoms with Crippen molar-refractivity contribution in [3.05, 3.63) is 36.5 Å². The summed E-state index contributed by atoms with van der Waals surface area (Å²) in [6, 6.07) is 10.0. The van der Waals surface area contributed by atoms with Crippen LogP contribution in [-0.2, 0) is 7.05 Å². The minimum absolute atomic E-state index is 0.915. The van der Waals surface area contributed by atoms with Crippen molar-refractivity contribution in [2.75, 3.05) is 0 Å². The van der Waals surface area contributed by atoms with Crippen molar-refractivity contribution in [3.8, 4) is 11.3 Å². The zero-order chi connectivity index (χ0) is 8.39. The molecule has 0 aliphatic heterocycles. The highest BCUT2D eigenvalue weighted by molar-refractivity contribution is 5.56. The highest BCUT2D eigenvalue weighted by Crippen LogP contribution is 2.13. The molecule has 12 heavy (non-hydrogen) atoms. The maximum absolute atomic E-state index is 4.00. The molecule has 0 saturated carbocycles. The molecule has 2 aromatic rings. The summed E-state index contributed by atoms with van der Waals surface area (Å²) in [5, 5.41) is 7.86. The van der Waals surface area contributed by atoms with Crippen molar-refractivity contribution in [2.45, 2.75) is 0 Å². The third-order valence-corrected chi connectivity index (χ3v) is 1.67. The van der Waals surface area contributed by atoms with Gasteiger partial charge in [-0.05, 0) is 0 Å². The first-order valence-corrected chi connectivity index (χ1v) is 3.78. The average molecular weight is 159 g/mol. The van der Waals surface area contributed by atoms with Crippen LogP contribution in [0.4, 0.5) is 0 Å². The molecule has 0 unspecified atom stereocenters. The van der Waals surface area contributed by atoms with E-state index in [0.29, 0.717) is 0 Å². The number of benzene rings is 1. The van der Waals surface area contributed by atoms with E-state index < -0.39 is 0 Å². The van der Waals surface area contributed by atoms with Gasteiger partial charge in [-0.3, -0.25) is 4.68 Å². The molecule has 3 heteroatoms. The molecule has 1 heterocycles. The monoisotopic (exact) mass is 159 g/mol. The Morgan fingerprint density at radius 2 is 1.92 bits per heavy atom. The number of aromatic nitrogens is 3. The van der Waals surface area contributed by atoms with Crippen molar-refractivity contribution in [1.82, 2.24) is 15.0 Å². The summed E-state index contributed by atoms with van der Waals surface area (Å²) >= 11 is 0. The van der Waals surface area contributed by atoms with Crippen molar-refractivity contribution >= 4 is 0 Å². The predicted molar refractivity (Wildman–Crippen MR) is 46.4 cm³/mol. The largest absolute Gasteiger partial charge is 0.255 e. The molecule has 0 saturated heterocycles. The highest BCUT2D eigenvalue weighted by atomic mass is 15.4. The average Bonchev–Trinajstić information content (AvgIpc) is 2.54. The van der Waals surface area contributed by atoms with Gasteiger partial charge in [0.15, 0.2) is 0 Å². The Kier molecular flexibility index (Phi) is 1.63. The van der Waals surface area contributed by atoms with Crippen LogP contribution in [0.1, 0.15) is 0 Å². The standard InChI is InChI=1S/C9H9N3/c1-12-7-9(10-11-12)8-5-3-2-4-6-8/h2-7H,1H3. The molecule has 0 spiro atoms. The molecular formula is C9H9N3. The number of rotatable bonds is 1. The first-order valence-electron chi connectivity index (χ1n) is 3.78. The lowest BCUT2D eigenvalue weighted by Gasteiger charge is -1.91. The van der Waals surface area contributed by atoms with Crippen LogP contribution >= 0.6 is 0 Å². The van der Waals surface area contributed by atoms with Crippen LogP contribution in [0.25, 0.3) is 11.3 Å². The van der Waals surface area contributed by atoms with Gasteiger partial charge in [0, 0.05) is 12.6 Å². The molecule has 2 rings (SSSR count). The van der Waals surface area contributed by atoms with Crippen molar-refractivity contribution in [2.24, 2.45) is 7.05 Å². The summed E-state index contributed by atoms with van der Waals surface area (Å²) in [6.07, 6.45) is 1.90. The molecule has 1 aromatic carbocycles. The number of aryl methyl sites for hydroxylation is 1. The smallest absolute Gasteiger partial charge is 0.113 e. The molecule has 0 amide bonds. The summed E-state index contributed by atoms with van der Waals surface area (Å²) in [5.74, 6) is 0. The topological polar surface area (TPSA) is 30.7 Å². The normalized spacial score (nSPS) is 10.1.